The van der Waals surface area contributed by atoms with E-state index in [2.05, 4.69) is 52.7 Å². The lowest BCUT2D eigenvalue weighted by Gasteiger charge is -2.15. The number of ether oxygens (including phenoxy) is 1. The Kier molecular flexibility index (Phi) is 6.25. The minimum atomic E-state index is 0.624. The summed E-state index contributed by atoms with van der Waals surface area (Å²) in [6.07, 6.45) is 4.30. The summed E-state index contributed by atoms with van der Waals surface area (Å²) in [6, 6.07) is 19.9. The first-order valence-corrected chi connectivity index (χ1v) is 10.4. The van der Waals surface area contributed by atoms with Gasteiger partial charge in [0.1, 0.15) is 6.33 Å². The predicted octanol–water partition coefficient (Wildman–Crippen LogP) is 4.62. The van der Waals surface area contributed by atoms with Gasteiger partial charge < -0.3 is 10.1 Å². The molecule has 1 aliphatic heterocycles. The molecule has 0 saturated carbocycles. The van der Waals surface area contributed by atoms with Crippen LogP contribution in [0.25, 0.3) is 28.0 Å². The highest BCUT2D eigenvalue weighted by molar-refractivity contribution is 5.85. The predicted molar refractivity (Wildman–Crippen MR) is 122 cm³/mol. The summed E-state index contributed by atoms with van der Waals surface area (Å²) in [4.78, 5) is 4.34. The van der Waals surface area contributed by atoms with Crippen LogP contribution < -0.4 is 10.1 Å². The van der Waals surface area contributed by atoms with Crippen LogP contribution in [-0.2, 0) is 0 Å². The molecule has 0 atom stereocenters. The van der Waals surface area contributed by atoms with Gasteiger partial charge in [0.25, 0.3) is 0 Å². The smallest absolute Gasteiger partial charge is 0.198 e. The average molecular weight is 412 g/mol. The monoisotopic (exact) mass is 411 g/mol. The van der Waals surface area contributed by atoms with Crippen molar-refractivity contribution in [2.45, 2.75) is 19.8 Å². The molecule has 1 fully saturated rings. The lowest BCUT2D eigenvalue weighted by Crippen LogP contribution is -2.03. The van der Waals surface area contributed by atoms with Crippen molar-refractivity contribution in [1.82, 2.24) is 19.9 Å². The third-order valence-corrected chi connectivity index (χ3v) is 5.34. The van der Waals surface area contributed by atoms with Crippen molar-refractivity contribution < 1.29 is 4.74 Å². The molecule has 156 valence electrons. The summed E-state index contributed by atoms with van der Waals surface area (Å²) >= 11 is 0. The number of fused-ring (bicyclic) bond motifs is 1. The van der Waals surface area contributed by atoms with E-state index < -0.39 is 0 Å². The molecule has 0 aliphatic carbocycles. The third-order valence-electron chi connectivity index (χ3n) is 5.34. The summed E-state index contributed by atoms with van der Waals surface area (Å²) in [6.45, 7) is 4.56. The summed E-state index contributed by atoms with van der Waals surface area (Å²) in [5.41, 5.74) is 6.40. The minimum absolute atomic E-state index is 0.624. The van der Waals surface area contributed by atoms with E-state index in [1.165, 1.54) is 37.8 Å². The van der Waals surface area contributed by atoms with E-state index in [-0.39, 0.29) is 0 Å². The number of nitriles is 1. The molecule has 31 heavy (non-hydrogen) atoms. The quantitative estimate of drug-likeness (QED) is 0.532. The Morgan fingerprint density at radius 2 is 1.68 bits per heavy atom. The van der Waals surface area contributed by atoms with Gasteiger partial charge in [0.2, 0.25) is 0 Å². The molecule has 1 N–H and O–H groups in total. The molecular formula is C25H25N5O. The number of hydrogen-bond donors (Lipinski definition) is 1. The summed E-state index contributed by atoms with van der Waals surface area (Å²) in [5, 5.41) is 16.7. The fourth-order valence-electron chi connectivity index (χ4n) is 3.66. The van der Waals surface area contributed by atoms with E-state index in [1.54, 1.807) is 11.6 Å². The van der Waals surface area contributed by atoms with E-state index in [0.29, 0.717) is 17.0 Å². The van der Waals surface area contributed by atoms with Crippen LogP contribution in [0.5, 0.6) is 5.75 Å². The summed E-state index contributed by atoms with van der Waals surface area (Å²) in [5.74, 6) is 0.651. The van der Waals surface area contributed by atoms with Crippen LogP contribution >= 0.6 is 0 Å². The van der Waals surface area contributed by atoms with Gasteiger partial charge in [-0.15, -0.1) is 0 Å². The maximum atomic E-state index is 9.06. The van der Waals surface area contributed by atoms with Crippen molar-refractivity contribution in [1.29, 1.82) is 5.26 Å². The van der Waals surface area contributed by atoms with E-state index in [4.69, 9.17) is 10.00 Å². The molecule has 5 rings (SSSR count). The first kappa shape index (κ1) is 20.6. The fraction of sp³-hybridized carbons (Fsp3) is 0.240. The van der Waals surface area contributed by atoms with Gasteiger partial charge in [-0.2, -0.15) is 10.4 Å². The van der Waals surface area contributed by atoms with Crippen LogP contribution in [0.2, 0.25) is 0 Å². The van der Waals surface area contributed by atoms with Gasteiger partial charge in [0.15, 0.2) is 11.4 Å². The Morgan fingerprint density at radius 3 is 2.26 bits per heavy atom. The molecule has 0 bridgehead atoms. The molecule has 2 aromatic heterocycles. The van der Waals surface area contributed by atoms with Crippen molar-refractivity contribution >= 4 is 5.65 Å². The lowest BCUT2D eigenvalue weighted by atomic mass is 9.97. The average Bonchev–Trinajstić information content (AvgIpc) is 3.54. The molecule has 6 heteroatoms. The number of pyridine rings is 1. The molecule has 0 spiro atoms. The van der Waals surface area contributed by atoms with Gasteiger partial charge in [-0.1, -0.05) is 42.0 Å². The van der Waals surface area contributed by atoms with Crippen molar-refractivity contribution in [2.24, 2.45) is 0 Å². The molecule has 0 radical (unpaired) electrons. The second-order valence-corrected chi connectivity index (χ2v) is 7.48. The van der Waals surface area contributed by atoms with Crippen LogP contribution in [0.1, 0.15) is 24.0 Å². The molecule has 3 heterocycles. The van der Waals surface area contributed by atoms with Crippen molar-refractivity contribution in [3.63, 3.8) is 0 Å². The van der Waals surface area contributed by atoms with E-state index in [0.717, 1.165) is 22.4 Å². The van der Waals surface area contributed by atoms with Gasteiger partial charge >= 0.3 is 0 Å². The molecule has 4 aromatic rings. The van der Waals surface area contributed by atoms with Crippen molar-refractivity contribution in [2.75, 3.05) is 20.2 Å². The number of benzene rings is 2. The highest BCUT2D eigenvalue weighted by Crippen LogP contribution is 2.36. The highest BCUT2D eigenvalue weighted by atomic mass is 16.5. The number of aryl methyl sites for hydroxylation is 1. The van der Waals surface area contributed by atoms with Gasteiger partial charge in [-0.05, 0) is 56.6 Å². The first-order chi connectivity index (χ1) is 15.2. The number of hydrogen-bond acceptors (Lipinski definition) is 5. The Labute approximate surface area is 182 Å². The first-order valence-electron chi connectivity index (χ1n) is 10.4. The van der Waals surface area contributed by atoms with Crippen LogP contribution in [0.15, 0.2) is 60.9 Å². The normalized spacial score (nSPS) is 12.8. The topological polar surface area (TPSA) is 75.2 Å². The maximum Gasteiger partial charge on any atom is 0.198 e. The van der Waals surface area contributed by atoms with Crippen LogP contribution in [-0.4, -0.2) is 34.8 Å². The second kappa shape index (κ2) is 9.41. The third kappa shape index (κ3) is 4.42. The second-order valence-electron chi connectivity index (χ2n) is 7.48. The van der Waals surface area contributed by atoms with Crippen molar-refractivity contribution in [3.05, 3.63) is 72.1 Å². The maximum absolute atomic E-state index is 9.06. The molecule has 0 unspecified atom stereocenters. The number of nitrogens with one attached hydrogen (secondary N) is 1. The molecule has 1 saturated heterocycles. The van der Waals surface area contributed by atoms with E-state index >= 15 is 0 Å². The molecule has 1 aliphatic rings. The highest BCUT2D eigenvalue weighted by Gasteiger charge is 2.17. The molecule has 6 nitrogen and oxygen atoms in total. The van der Waals surface area contributed by atoms with Crippen LogP contribution in [0, 0.1) is 18.3 Å². The van der Waals surface area contributed by atoms with Crippen molar-refractivity contribution in [3.8, 4) is 34.2 Å². The Balaban J connectivity index is 0.000000407. The Bertz CT molecular complexity index is 1190. The van der Waals surface area contributed by atoms with Gasteiger partial charge in [0, 0.05) is 11.1 Å². The number of rotatable bonds is 3. The zero-order chi connectivity index (χ0) is 21.6. The largest absolute Gasteiger partial charge is 0.493 e. The molecule has 0 amide bonds. The van der Waals surface area contributed by atoms with E-state index in [1.807, 2.05) is 30.3 Å². The number of methoxy groups -OCH3 is 1. The van der Waals surface area contributed by atoms with Crippen LogP contribution in [0.3, 0.4) is 0 Å². The summed E-state index contributed by atoms with van der Waals surface area (Å²) in [7, 11) is 1.62. The van der Waals surface area contributed by atoms with Gasteiger partial charge in [-0.25, -0.2) is 9.50 Å². The minimum Gasteiger partial charge on any atom is -0.493 e. The van der Waals surface area contributed by atoms with E-state index in [9.17, 15) is 0 Å². The molecule has 2 aromatic carbocycles. The SMILES string of the molecule is C1CCNC1.COc1cc(-c2ccc(C#N)cc2)c(-c2ccc(C)cc2)n2ncnc12. The number of nitrogens with zero attached hydrogens (tertiary/aromatic N) is 4. The van der Waals surface area contributed by atoms with Gasteiger partial charge in [0.05, 0.1) is 24.4 Å². The zero-order valence-electron chi connectivity index (χ0n) is 17.8. The molecular weight excluding hydrogens is 386 g/mol. The summed E-state index contributed by atoms with van der Waals surface area (Å²) < 4.78 is 7.33. The number of aromatic nitrogens is 3. The zero-order valence-corrected chi connectivity index (χ0v) is 17.8. The Morgan fingerprint density at radius 1 is 1.00 bits per heavy atom. The fourth-order valence-corrected chi connectivity index (χ4v) is 3.66. The van der Waals surface area contributed by atoms with Crippen LogP contribution in [0.4, 0.5) is 0 Å². The lowest BCUT2D eigenvalue weighted by molar-refractivity contribution is 0.417. The standard InChI is InChI=1S/C21H16N4O.C4H9N/c1-14-3-7-17(8-4-14)20-18(16-9-5-15(12-22)6-10-16)11-19(26-2)21-23-13-24-25(20)21;1-2-4-5-3-1/h3-11,13H,1-2H3;5H,1-4H2. The van der Waals surface area contributed by atoms with Gasteiger partial charge in [-0.3, -0.25) is 0 Å². The Hall–Kier alpha value is -3.69.